The van der Waals surface area contributed by atoms with Gasteiger partial charge in [0, 0.05) is 37.7 Å². The van der Waals surface area contributed by atoms with Gasteiger partial charge in [0.1, 0.15) is 0 Å². The molecule has 27 heavy (non-hydrogen) atoms. The standard InChI is InChI=1S/C20H24N6O/c1-3-25-13-23-17-9-16(6-7-18(17)25)24-19(27)15-10-21-20(22-11-15)26-8-4-5-14(2)12-26/h6-7,9-11,13-14H,3-5,8,12H2,1-2H3,(H,24,27). The molecule has 0 saturated carbocycles. The average Bonchev–Trinajstić information content (AvgIpc) is 3.10. The van der Waals surface area contributed by atoms with E-state index in [9.17, 15) is 4.79 Å². The number of hydrogen-bond acceptors (Lipinski definition) is 5. The molecule has 2 aromatic heterocycles. The molecular weight excluding hydrogens is 340 g/mol. The minimum Gasteiger partial charge on any atom is -0.341 e. The fourth-order valence-corrected chi connectivity index (χ4v) is 3.57. The number of benzene rings is 1. The number of amides is 1. The molecule has 4 rings (SSSR count). The molecule has 1 aliphatic heterocycles. The Balaban J connectivity index is 1.46. The third-order valence-electron chi connectivity index (χ3n) is 5.06. The molecule has 1 amide bonds. The summed E-state index contributed by atoms with van der Waals surface area (Å²) in [5.74, 6) is 1.13. The number of nitrogens with one attached hydrogen (secondary N) is 1. The molecule has 0 aliphatic carbocycles. The summed E-state index contributed by atoms with van der Waals surface area (Å²) in [5.41, 5.74) is 3.07. The minimum absolute atomic E-state index is 0.220. The van der Waals surface area contributed by atoms with Crippen LogP contribution in [0.2, 0.25) is 0 Å². The summed E-state index contributed by atoms with van der Waals surface area (Å²) in [6, 6.07) is 5.74. The lowest BCUT2D eigenvalue weighted by Gasteiger charge is -2.30. The molecule has 1 N–H and O–H groups in total. The summed E-state index contributed by atoms with van der Waals surface area (Å²) >= 11 is 0. The number of hydrogen-bond donors (Lipinski definition) is 1. The van der Waals surface area contributed by atoms with Gasteiger partial charge in [-0.1, -0.05) is 6.92 Å². The van der Waals surface area contributed by atoms with Gasteiger partial charge >= 0.3 is 0 Å². The Morgan fingerprint density at radius 1 is 1.26 bits per heavy atom. The molecule has 1 atom stereocenters. The Labute approximate surface area is 158 Å². The fourth-order valence-electron chi connectivity index (χ4n) is 3.57. The zero-order chi connectivity index (χ0) is 18.8. The molecule has 1 saturated heterocycles. The normalized spacial score (nSPS) is 17.3. The first-order valence-corrected chi connectivity index (χ1v) is 9.47. The molecule has 1 fully saturated rings. The Bertz CT molecular complexity index is 949. The van der Waals surface area contributed by atoms with E-state index in [-0.39, 0.29) is 5.91 Å². The second-order valence-electron chi connectivity index (χ2n) is 7.15. The van der Waals surface area contributed by atoms with Gasteiger partial charge in [0.15, 0.2) is 0 Å². The number of piperidine rings is 1. The lowest BCUT2D eigenvalue weighted by atomic mass is 10.0. The van der Waals surface area contributed by atoms with Crippen LogP contribution in [0.5, 0.6) is 0 Å². The Morgan fingerprint density at radius 2 is 2.07 bits per heavy atom. The molecule has 3 heterocycles. The molecule has 0 bridgehead atoms. The molecule has 140 valence electrons. The van der Waals surface area contributed by atoms with E-state index in [0.29, 0.717) is 23.1 Å². The quantitative estimate of drug-likeness (QED) is 0.768. The number of aromatic nitrogens is 4. The first kappa shape index (κ1) is 17.5. The largest absolute Gasteiger partial charge is 0.341 e. The van der Waals surface area contributed by atoms with Crippen molar-refractivity contribution < 1.29 is 4.79 Å². The third-order valence-corrected chi connectivity index (χ3v) is 5.06. The predicted octanol–water partition coefficient (Wildman–Crippen LogP) is 3.33. The van der Waals surface area contributed by atoms with E-state index < -0.39 is 0 Å². The van der Waals surface area contributed by atoms with E-state index in [1.165, 1.54) is 6.42 Å². The topological polar surface area (TPSA) is 75.9 Å². The van der Waals surface area contributed by atoms with Crippen molar-refractivity contribution in [1.82, 2.24) is 19.5 Å². The van der Waals surface area contributed by atoms with E-state index in [4.69, 9.17) is 0 Å². The number of rotatable bonds is 4. The number of fused-ring (bicyclic) bond motifs is 1. The van der Waals surface area contributed by atoms with Crippen molar-refractivity contribution in [2.45, 2.75) is 33.2 Å². The fraction of sp³-hybridized carbons (Fsp3) is 0.400. The molecule has 1 aromatic carbocycles. The lowest BCUT2D eigenvalue weighted by molar-refractivity contribution is 0.102. The number of imidazole rings is 1. The van der Waals surface area contributed by atoms with Crippen LogP contribution in [0.25, 0.3) is 11.0 Å². The SMILES string of the molecule is CCn1cnc2cc(NC(=O)c3cnc(N4CCCC(C)C4)nc3)ccc21. The second-order valence-corrected chi connectivity index (χ2v) is 7.15. The van der Waals surface area contributed by atoms with Crippen molar-refractivity contribution in [3.05, 3.63) is 42.5 Å². The van der Waals surface area contributed by atoms with Crippen LogP contribution in [-0.4, -0.2) is 38.5 Å². The van der Waals surface area contributed by atoms with Gasteiger partial charge in [-0.3, -0.25) is 4.79 Å². The highest BCUT2D eigenvalue weighted by Gasteiger charge is 2.19. The van der Waals surface area contributed by atoms with Crippen LogP contribution >= 0.6 is 0 Å². The Morgan fingerprint density at radius 3 is 2.81 bits per heavy atom. The lowest BCUT2D eigenvalue weighted by Crippen LogP contribution is -2.35. The molecule has 0 radical (unpaired) electrons. The van der Waals surface area contributed by atoms with Crippen LogP contribution in [0.1, 0.15) is 37.0 Å². The van der Waals surface area contributed by atoms with E-state index in [0.717, 1.165) is 37.1 Å². The summed E-state index contributed by atoms with van der Waals surface area (Å²) < 4.78 is 2.06. The van der Waals surface area contributed by atoms with Crippen molar-refractivity contribution in [3.63, 3.8) is 0 Å². The highest BCUT2D eigenvalue weighted by atomic mass is 16.1. The van der Waals surface area contributed by atoms with Gasteiger partial charge < -0.3 is 14.8 Å². The summed E-state index contributed by atoms with van der Waals surface area (Å²) in [7, 11) is 0. The van der Waals surface area contributed by atoms with Crippen LogP contribution in [0.3, 0.4) is 0 Å². The van der Waals surface area contributed by atoms with Gasteiger partial charge in [-0.25, -0.2) is 15.0 Å². The number of carbonyl (C=O) groups is 1. The van der Waals surface area contributed by atoms with Crippen LogP contribution in [0.4, 0.5) is 11.6 Å². The van der Waals surface area contributed by atoms with Gasteiger partial charge in [-0.05, 0) is 43.9 Å². The number of nitrogens with zero attached hydrogens (tertiary/aromatic N) is 5. The van der Waals surface area contributed by atoms with Crippen molar-refractivity contribution in [1.29, 1.82) is 0 Å². The highest BCUT2D eigenvalue weighted by Crippen LogP contribution is 2.21. The maximum atomic E-state index is 12.5. The zero-order valence-corrected chi connectivity index (χ0v) is 15.7. The molecule has 0 spiro atoms. The summed E-state index contributed by atoms with van der Waals surface area (Å²) in [5, 5.41) is 2.90. The summed E-state index contributed by atoms with van der Waals surface area (Å²) in [6.07, 6.45) is 7.41. The van der Waals surface area contributed by atoms with Gasteiger partial charge in [0.25, 0.3) is 5.91 Å². The molecule has 3 aromatic rings. The van der Waals surface area contributed by atoms with Crippen LogP contribution < -0.4 is 10.2 Å². The first-order chi connectivity index (χ1) is 13.1. The second kappa shape index (κ2) is 7.34. The van der Waals surface area contributed by atoms with Crippen LogP contribution in [-0.2, 0) is 6.54 Å². The molecule has 1 aliphatic rings. The Kier molecular flexibility index (Phi) is 4.75. The molecule has 7 nitrogen and oxygen atoms in total. The van der Waals surface area contributed by atoms with Crippen LogP contribution in [0.15, 0.2) is 36.9 Å². The monoisotopic (exact) mass is 364 g/mol. The van der Waals surface area contributed by atoms with E-state index >= 15 is 0 Å². The number of aryl methyl sites for hydroxylation is 1. The smallest absolute Gasteiger partial charge is 0.258 e. The number of anilines is 2. The third kappa shape index (κ3) is 3.63. The van der Waals surface area contributed by atoms with Gasteiger partial charge in [-0.2, -0.15) is 0 Å². The first-order valence-electron chi connectivity index (χ1n) is 9.47. The van der Waals surface area contributed by atoms with Crippen molar-refractivity contribution in [3.8, 4) is 0 Å². The molecule has 7 heteroatoms. The predicted molar refractivity (Wildman–Crippen MR) is 106 cm³/mol. The van der Waals surface area contributed by atoms with Crippen molar-refractivity contribution in [2.24, 2.45) is 5.92 Å². The van der Waals surface area contributed by atoms with Crippen molar-refractivity contribution in [2.75, 3.05) is 23.3 Å². The van der Waals surface area contributed by atoms with E-state index in [2.05, 4.69) is 43.6 Å². The molecular formula is C20H24N6O. The van der Waals surface area contributed by atoms with Gasteiger partial charge in [0.2, 0.25) is 5.95 Å². The van der Waals surface area contributed by atoms with E-state index in [1.54, 1.807) is 12.4 Å². The maximum Gasteiger partial charge on any atom is 0.258 e. The zero-order valence-electron chi connectivity index (χ0n) is 15.7. The van der Waals surface area contributed by atoms with Crippen LogP contribution in [0, 0.1) is 5.92 Å². The van der Waals surface area contributed by atoms with E-state index in [1.807, 2.05) is 24.5 Å². The summed E-state index contributed by atoms with van der Waals surface area (Å²) in [4.78, 5) is 27.9. The molecule has 1 unspecified atom stereocenters. The van der Waals surface area contributed by atoms with Crippen molar-refractivity contribution >= 4 is 28.6 Å². The number of carbonyl (C=O) groups excluding carboxylic acids is 1. The highest BCUT2D eigenvalue weighted by molar-refractivity contribution is 6.04. The van der Waals surface area contributed by atoms with Gasteiger partial charge in [-0.15, -0.1) is 0 Å². The maximum absolute atomic E-state index is 12.5. The Hall–Kier alpha value is -2.96. The average molecular weight is 364 g/mol. The summed E-state index contributed by atoms with van der Waals surface area (Å²) in [6.45, 7) is 7.12. The van der Waals surface area contributed by atoms with Gasteiger partial charge in [0.05, 0.1) is 22.9 Å². The minimum atomic E-state index is -0.220.